The molecule has 1 amide bonds. The Kier molecular flexibility index (Phi) is 8.50. The maximum Gasteiger partial charge on any atom is 0.220 e. The van der Waals surface area contributed by atoms with Crippen molar-refractivity contribution in [2.75, 3.05) is 20.2 Å². The first-order valence-electron chi connectivity index (χ1n) is 7.82. The fourth-order valence-corrected chi connectivity index (χ4v) is 3.33. The molecule has 1 saturated heterocycles. The molecule has 1 aliphatic carbocycles. The van der Waals surface area contributed by atoms with Crippen LogP contribution in [0.3, 0.4) is 0 Å². The van der Waals surface area contributed by atoms with E-state index in [1.54, 1.807) is 7.11 Å². The standard InChI is InChI=1S/C15H28N2O2.ClH/c1-19-14-5-3-2-4-13(14)17-15(18)7-6-12-8-10-16-11-9-12;/h12-14,16H,2-11H2,1H3,(H,17,18);1H. The molecule has 1 saturated carbocycles. The molecule has 2 fully saturated rings. The third kappa shape index (κ3) is 5.58. The summed E-state index contributed by atoms with van der Waals surface area (Å²) in [7, 11) is 1.75. The average molecular weight is 305 g/mol. The second-order valence-corrected chi connectivity index (χ2v) is 5.96. The van der Waals surface area contributed by atoms with Gasteiger partial charge in [0, 0.05) is 13.5 Å². The molecule has 2 unspecified atom stereocenters. The van der Waals surface area contributed by atoms with Crippen molar-refractivity contribution in [2.24, 2.45) is 5.92 Å². The topological polar surface area (TPSA) is 50.4 Å². The first-order chi connectivity index (χ1) is 9.29. The molecule has 0 aromatic rings. The molecule has 0 aromatic carbocycles. The summed E-state index contributed by atoms with van der Waals surface area (Å²) in [4.78, 5) is 12.0. The summed E-state index contributed by atoms with van der Waals surface area (Å²) in [5, 5.41) is 6.54. The van der Waals surface area contributed by atoms with Crippen LogP contribution >= 0.6 is 12.4 Å². The quantitative estimate of drug-likeness (QED) is 0.819. The number of amides is 1. The predicted molar refractivity (Wildman–Crippen MR) is 83.3 cm³/mol. The summed E-state index contributed by atoms with van der Waals surface area (Å²) in [5.41, 5.74) is 0. The minimum atomic E-state index is 0. The summed E-state index contributed by atoms with van der Waals surface area (Å²) >= 11 is 0. The zero-order valence-corrected chi connectivity index (χ0v) is 13.3. The molecule has 5 heteroatoms. The SMILES string of the molecule is COC1CCCCC1NC(=O)CCC1CCNCC1.Cl. The monoisotopic (exact) mass is 304 g/mol. The Morgan fingerprint density at radius 1 is 1.20 bits per heavy atom. The van der Waals surface area contributed by atoms with Gasteiger partial charge in [0.05, 0.1) is 12.1 Å². The van der Waals surface area contributed by atoms with Crippen molar-refractivity contribution in [3.05, 3.63) is 0 Å². The first-order valence-corrected chi connectivity index (χ1v) is 7.82. The minimum absolute atomic E-state index is 0. The lowest BCUT2D eigenvalue weighted by molar-refractivity contribution is -0.123. The van der Waals surface area contributed by atoms with Crippen LogP contribution in [0.15, 0.2) is 0 Å². The lowest BCUT2D eigenvalue weighted by atomic mass is 9.91. The van der Waals surface area contributed by atoms with E-state index in [4.69, 9.17) is 4.74 Å². The van der Waals surface area contributed by atoms with Gasteiger partial charge < -0.3 is 15.4 Å². The smallest absolute Gasteiger partial charge is 0.220 e. The summed E-state index contributed by atoms with van der Waals surface area (Å²) in [6, 6.07) is 0.235. The van der Waals surface area contributed by atoms with E-state index >= 15 is 0 Å². The molecule has 1 heterocycles. The molecule has 4 nitrogen and oxygen atoms in total. The Hall–Kier alpha value is -0.320. The van der Waals surface area contributed by atoms with Gasteiger partial charge in [0.1, 0.15) is 0 Å². The van der Waals surface area contributed by atoms with Crippen LogP contribution in [0.4, 0.5) is 0 Å². The van der Waals surface area contributed by atoms with Crippen molar-refractivity contribution in [3.8, 4) is 0 Å². The number of halogens is 1. The number of carbonyl (C=O) groups is 1. The van der Waals surface area contributed by atoms with E-state index in [1.165, 1.54) is 25.7 Å². The molecular weight excluding hydrogens is 276 g/mol. The van der Waals surface area contributed by atoms with Crippen LogP contribution in [-0.4, -0.2) is 38.3 Å². The molecule has 0 radical (unpaired) electrons. The van der Waals surface area contributed by atoms with Crippen molar-refractivity contribution in [1.82, 2.24) is 10.6 Å². The van der Waals surface area contributed by atoms with Gasteiger partial charge >= 0.3 is 0 Å². The van der Waals surface area contributed by atoms with E-state index in [0.29, 0.717) is 6.42 Å². The van der Waals surface area contributed by atoms with Gasteiger partial charge in [-0.05, 0) is 51.1 Å². The third-order valence-corrected chi connectivity index (χ3v) is 4.59. The van der Waals surface area contributed by atoms with Gasteiger partial charge in [-0.3, -0.25) is 4.79 Å². The van der Waals surface area contributed by atoms with Gasteiger partial charge in [0.2, 0.25) is 5.91 Å². The van der Waals surface area contributed by atoms with Gasteiger partial charge in [-0.25, -0.2) is 0 Å². The minimum Gasteiger partial charge on any atom is -0.379 e. The number of methoxy groups -OCH3 is 1. The van der Waals surface area contributed by atoms with Crippen molar-refractivity contribution in [1.29, 1.82) is 0 Å². The number of hydrogen-bond acceptors (Lipinski definition) is 3. The Morgan fingerprint density at radius 3 is 2.60 bits per heavy atom. The molecule has 118 valence electrons. The average Bonchev–Trinajstić information content (AvgIpc) is 2.47. The maximum absolute atomic E-state index is 12.0. The number of ether oxygens (including phenoxy) is 1. The second kappa shape index (κ2) is 9.59. The second-order valence-electron chi connectivity index (χ2n) is 5.96. The molecule has 2 aliphatic rings. The Bertz CT molecular complexity index is 283. The van der Waals surface area contributed by atoms with E-state index in [1.807, 2.05) is 0 Å². The van der Waals surface area contributed by atoms with Crippen LogP contribution in [0.25, 0.3) is 0 Å². The summed E-state index contributed by atoms with van der Waals surface area (Å²) < 4.78 is 5.48. The highest BCUT2D eigenvalue weighted by Gasteiger charge is 2.26. The number of nitrogens with one attached hydrogen (secondary N) is 2. The number of piperidine rings is 1. The van der Waals surface area contributed by atoms with E-state index in [2.05, 4.69) is 10.6 Å². The fourth-order valence-electron chi connectivity index (χ4n) is 3.33. The highest BCUT2D eigenvalue weighted by molar-refractivity contribution is 5.85. The number of hydrogen-bond donors (Lipinski definition) is 2. The van der Waals surface area contributed by atoms with Crippen LogP contribution in [0.1, 0.15) is 51.4 Å². The van der Waals surface area contributed by atoms with Crippen LogP contribution in [-0.2, 0) is 9.53 Å². The normalized spacial score (nSPS) is 27.6. The molecule has 2 atom stereocenters. The highest BCUT2D eigenvalue weighted by atomic mass is 35.5. The lowest BCUT2D eigenvalue weighted by Gasteiger charge is -2.31. The zero-order valence-electron chi connectivity index (χ0n) is 12.5. The Balaban J connectivity index is 0.00000200. The molecule has 2 N–H and O–H groups in total. The van der Waals surface area contributed by atoms with E-state index in [9.17, 15) is 4.79 Å². The molecule has 0 bridgehead atoms. The van der Waals surface area contributed by atoms with Crippen molar-refractivity contribution < 1.29 is 9.53 Å². The van der Waals surface area contributed by atoms with Crippen molar-refractivity contribution in [3.63, 3.8) is 0 Å². The largest absolute Gasteiger partial charge is 0.379 e. The third-order valence-electron chi connectivity index (χ3n) is 4.59. The Labute approximate surface area is 128 Å². The summed E-state index contributed by atoms with van der Waals surface area (Å²) in [5.74, 6) is 0.948. The number of carbonyl (C=O) groups excluding carboxylic acids is 1. The van der Waals surface area contributed by atoms with E-state index < -0.39 is 0 Å². The molecule has 1 aliphatic heterocycles. The van der Waals surface area contributed by atoms with Gasteiger partial charge in [-0.15, -0.1) is 12.4 Å². The van der Waals surface area contributed by atoms with Crippen molar-refractivity contribution >= 4 is 18.3 Å². The van der Waals surface area contributed by atoms with Gasteiger partial charge in [0.25, 0.3) is 0 Å². The lowest BCUT2D eigenvalue weighted by Crippen LogP contribution is -2.46. The van der Waals surface area contributed by atoms with Crippen LogP contribution in [0.2, 0.25) is 0 Å². The molecule has 2 rings (SSSR count). The van der Waals surface area contributed by atoms with Crippen molar-refractivity contribution in [2.45, 2.75) is 63.5 Å². The zero-order chi connectivity index (χ0) is 13.5. The molecular formula is C15H29ClN2O2. The predicted octanol–water partition coefficient (Wildman–Crippen LogP) is 2.26. The summed E-state index contributed by atoms with van der Waals surface area (Å²) in [6.07, 6.45) is 8.95. The molecule has 0 spiro atoms. The molecule has 0 aromatic heterocycles. The first kappa shape index (κ1) is 17.7. The molecule has 20 heavy (non-hydrogen) atoms. The van der Waals surface area contributed by atoms with Gasteiger partial charge in [-0.1, -0.05) is 12.8 Å². The van der Waals surface area contributed by atoms with Gasteiger partial charge in [0.15, 0.2) is 0 Å². The highest BCUT2D eigenvalue weighted by Crippen LogP contribution is 2.22. The van der Waals surface area contributed by atoms with E-state index in [0.717, 1.165) is 38.3 Å². The van der Waals surface area contributed by atoms with Gasteiger partial charge in [-0.2, -0.15) is 0 Å². The van der Waals surface area contributed by atoms with Crippen LogP contribution in [0, 0.1) is 5.92 Å². The fraction of sp³-hybridized carbons (Fsp3) is 0.933. The van der Waals surface area contributed by atoms with E-state index in [-0.39, 0.29) is 30.5 Å². The maximum atomic E-state index is 12.0. The number of rotatable bonds is 5. The van der Waals surface area contributed by atoms with Crippen LogP contribution in [0.5, 0.6) is 0 Å². The van der Waals surface area contributed by atoms with Crippen LogP contribution < -0.4 is 10.6 Å². The Morgan fingerprint density at radius 2 is 1.90 bits per heavy atom. The summed E-state index contributed by atoms with van der Waals surface area (Å²) in [6.45, 7) is 2.22.